The molecule has 0 radical (unpaired) electrons. The van der Waals surface area contributed by atoms with E-state index in [1.165, 1.54) is 4.90 Å². The molecule has 0 heterocycles. The van der Waals surface area contributed by atoms with E-state index in [1.807, 2.05) is 0 Å². The standard InChI is InChI=1S/C9H20N4O3S2/c1-4-7(8(10)17)18(15,16)12-6-5-11-9(14)13(2)3/h7,12H,4-6H2,1-3H3,(H2,10,17)(H,11,14). The summed E-state index contributed by atoms with van der Waals surface area (Å²) in [6.07, 6.45) is 0.314. The zero-order valence-corrected chi connectivity index (χ0v) is 12.4. The van der Waals surface area contributed by atoms with Crippen LogP contribution in [0.4, 0.5) is 4.79 Å². The predicted octanol–water partition coefficient (Wildman–Crippen LogP) is -0.758. The number of hydrogen-bond acceptors (Lipinski definition) is 4. The lowest BCUT2D eigenvalue weighted by atomic mass is 10.3. The van der Waals surface area contributed by atoms with Crippen LogP contribution in [-0.4, -0.2) is 56.8 Å². The Labute approximate surface area is 113 Å². The zero-order chi connectivity index (χ0) is 14.3. The fourth-order valence-electron chi connectivity index (χ4n) is 1.19. The van der Waals surface area contributed by atoms with Crippen LogP contribution in [-0.2, 0) is 10.0 Å². The van der Waals surface area contributed by atoms with E-state index in [-0.39, 0.29) is 24.1 Å². The SMILES string of the molecule is CCC(C(N)=S)S(=O)(=O)NCCNC(=O)N(C)C. The van der Waals surface area contributed by atoms with Gasteiger partial charge < -0.3 is 16.0 Å². The van der Waals surface area contributed by atoms with E-state index in [4.69, 9.17) is 18.0 Å². The number of nitrogens with zero attached hydrogens (tertiary/aromatic N) is 1. The van der Waals surface area contributed by atoms with E-state index in [9.17, 15) is 13.2 Å². The first-order valence-electron chi connectivity index (χ1n) is 5.45. The number of thiocarbonyl (C=S) groups is 1. The van der Waals surface area contributed by atoms with Gasteiger partial charge in [0.15, 0.2) is 0 Å². The smallest absolute Gasteiger partial charge is 0.316 e. The van der Waals surface area contributed by atoms with Gasteiger partial charge in [-0.2, -0.15) is 0 Å². The third-order valence-electron chi connectivity index (χ3n) is 2.17. The van der Waals surface area contributed by atoms with Gasteiger partial charge in [0.2, 0.25) is 10.0 Å². The Morgan fingerprint density at radius 3 is 2.33 bits per heavy atom. The molecule has 0 aromatic heterocycles. The molecule has 0 fully saturated rings. The molecule has 0 saturated carbocycles. The quantitative estimate of drug-likeness (QED) is 0.423. The van der Waals surface area contributed by atoms with E-state index in [0.717, 1.165) is 0 Å². The molecule has 0 aliphatic heterocycles. The van der Waals surface area contributed by atoms with E-state index in [1.54, 1.807) is 21.0 Å². The molecular formula is C9H20N4O3S2. The summed E-state index contributed by atoms with van der Waals surface area (Å²) < 4.78 is 25.9. The number of carbonyl (C=O) groups excluding carboxylic acids is 1. The molecule has 7 nitrogen and oxygen atoms in total. The molecule has 2 amide bonds. The Balaban J connectivity index is 4.21. The lowest BCUT2D eigenvalue weighted by Crippen LogP contribution is -2.45. The van der Waals surface area contributed by atoms with E-state index >= 15 is 0 Å². The van der Waals surface area contributed by atoms with Gasteiger partial charge >= 0.3 is 6.03 Å². The molecule has 0 aromatic carbocycles. The molecule has 4 N–H and O–H groups in total. The fourth-order valence-corrected chi connectivity index (χ4v) is 3.07. The Morgan fingerprint density at radius 1 is 1.39 bits per heavy atom. The average Bonchev–Trinajstić information content (AvgIpc) is 2.23. The maximum Gasteiger partial charge on any atom is 0.316 e. The highest BCUT2D eigenvalue weighted by molar-refractivity contribution is 7.93. The summed E-state index contributed by atoms with van der Waals surface area (Å²) in [5.74, 6) is 0. The summed E-state index contributed by atoms with van der Waals surface area (Å²) >= 11 is 4.70. The van der Waals surface area contributed by atoms with Crippen molar-refractivity contribution in [3.8, 4) is 0 Å². The first-order chi connectivity index (χ1) is 8.22. The lowest BCUT2D eigenvalue weighted by molar-refractivity contribution is 0.217. The lowest BCUT2D eigenvalue weighted by Gasteiger charge is -2.16. The van der Waals surface area contributed by atoms with Gasteiger partial charge in [0.25, 0.3) is 0 Å². The molecule has 1 unspecified atom stereocenters. The summed E-state index contributed by atoms with van der Waals surface area (Å²) in [6, 6.07) is -0.282. The summed E-state index contributed by atoms with van der Waals surface area (Å²) in [6.45, 7) is 1.99. The number of nitrogens with two attached hydrogens (primary N) is 1. The number of hydrogen-bond donors (Lipinski definition) is 3. The van der Waals surface area contributed by atoms with Crippen molar-refractivity contribution in [3.05, 3.63) is 0 Å². The van der Waals surface area contributed by atoms with Crippen LogP contribution >= 0.6 is 12.2 Å². The number of nitrogens with one attached hydrogen (secondary N) is 2. The van der Waals surface area contributed by atoms with Crippen molar-refractivity contribution in [2.24, 2.45) is 5.73 Å². The van der Waals surface area contributed by atoms with Gasteiger partial charge in [0.05, 0.1) is 4.99 Å². The minimum Gasteiger partial charge on any atom is -0.392 e. The van der Waals surface area contributed by atoms with Crippen LogP contribution in [0.1, 0.15) is 13.3 Å². The van der Waals surface area contributed by atoms with E-state index < -0.39 is 15.3 Å². The van der Waals surface area contributed by atoms with Crippen molar-refractivity contribution < 1.29 is 13.2 Å². The second-order valence-corrected chi connectivity index (χ2v) is 6.28. The molecule has 0 aliphatic carbocycles. The van der Waals surface area contributed by atoms with Gasteiger partial charge in [-0.3, -0.25) is 0 Å². The van der Waals surface area contributed by atoms with Crippen molar-refractivity contribution in [1.82, 2.24) is 14.9 Å². The number of sulfonamides is 1. The highest BCUT2D eigenvalue weighted by atomic mass is 32.2. The largest absolute Gasteiger partial charge is 0.392 e. The molecule has 0 aliphatic rings. The highest BCUT2D eigenvalue weighted by Gasteiger charge is 2.25. The molecule has 0 saturated heterocycles. The number of urea groups is 1. The van der Waals surface area contributed by atoms with Gasteiger partial charge in [-0.05, 0) is 6.42 Å². The summed E-state index contributed by atoms with van der Waals surface area (Å²) in [4.78, 5) is 12.5. The summed E-state index contributed by atoms with van der Waals surface area (Å²) in [5, 5.41) is 1.66. The molecule has 9 heteroatoms. The van der Waals surface area contributed by atoms with Gasteiger partial charge in [-0.15, -0.1) is 0 Å². The van der Waals surface area contributed by atoms with Crippen LogP contribution in [0.15, 0.2) is 0 Å². The van der Waals surface area contributed by atoms with Crippen LogP contribution < -0.4 is 15.8 Å². The summed E-state index contributed by atoms with van der Waals surface area (Å²) in [5.41, 5.74) is 5.36. The Hall–Kier alpha value is -0.930. The van der Waals surface area contributed by atoms with E-state index in [0.29, 0.717) is 6.42 Å². The van der Waals surface area contributed by atoms with Crippen LogP contribution in [0.3, 0.4) is 0 Å². The van der Waals surface area contributed by atoms with Crippen LogP contribution in [0, 0.1) is 0 Å². The van der Waals surface area contributed by atoms with Crippen LogP contribution in [0.2, 0.25) is 0 Å². The maximum atomic E-state index is 11.8. The molecule has 0 bridgehead atoms. The first kappa shape index (κ1) is 17.1. The van der Waals surface area contributed by atoms with Crippen molar-refractivity contribution in [2.45, 2.75) is 18.6 Å². The number of amides is 2. The normalized spacial score (nSPS) is 12.8. The number of carbonyl (C=O) groups is 1. The molecule has 0 aromatic rings. The predicted molar refractivity (Wildman–Crippen MR) is 74.9 cm³/mol. The van der Waals surface area contributed by atoms with Gasteiger partial charge in [-0.1, -0.05) is 19.1 Å². The molecule has 0 spiro atoms. The van der Waals surface area contributed by atoms with Crippen molar-refractivity contribution in [1.29, 1.82) is 0 Å². The van der Waals surface area contributed by atoms with Crippen molar-refractivity contribution in [3.63, 3.8) is 0 Å². The fraction of sp³-hybridized carbons (Fsp3) is 0.778. The topological polar surface area (TPSA) is 105 Å². The molecule has 0 rings (SSSR count). The van der Waals surface area contributed by atoms with Gasteiger partial charge in [-0.25, -0.2) is 17.9 Å². The average molecular weight is 296 g/mol. The second kappa shape index (κ2) is 7.49. The third-order valence-corrected chi connectivity index (χ3v) is 4.55. The third kappa shape index (κ3) is 5.61. The summed E-state index contributed by atoms with van der Waals surface area (Å²) in [7, 11) is -0.378. The minimum absolute atomic E-state index is 0.0534. The van der Waals surface area contributed by atoms with Crippen LogP contribution in [0.25, 0.3) is 0 Å². The molecular weight excluding hydrogens is 276 g/mol. The maximum absolute atomic E-state index is 11.8. The second-order valence-electron chi connectivity index (χ2n) is 3.86. The van der Waals surface area contributed by atoms with Crippen LogP contribution in [0.5, 0.6) is 0 Å². The molecule has 106 valence electrons. The molecule has 18 heavy (non-hydrogen) atoms. The number of rotatable bonds is 7. The Morgan fingerprint density at radius 2 is 1.94 bits per heavy atom. The van der Waals surface area contributed by atoms with Crippen molar-refractivity contribution >= 4 is 33.3 Å². The van der Waals surface area contributed by atoms with Gasteiger partial charge in [0, 0.05) is 27.2 Å². The van der Waals surface area contributed by atoms with Gasteiger partial charge in [0.1, 0.15) is 5.25 Å². The monoisotopic (exact) mass is 296 g/mol. The highest BCUT2D eigenvalue weighted by Crippen LogP contribution is 2.04. The van der Waals surface area contributed by atoms with Crippen molar-refractivity contribution in [2.75, 3.05) is 27.2 Å². The minimum atomic E-state index is -3.57. The molecule has 1 atom stereocenters. The Bertz CT molecular complexity index is 395. The first-order valence-corrected chi connectivity index (χ1v) is 7.40. The van der Waals surface area contributed by atoms with E-state index in [2.05, 4.69) is 10.0 Å². The zero-order valence-electron chi connectivity index (χ0n) is 10.8. The Kier molecular flexibility index (Phi) is 7.11.